The van der Waals surface area contributed by atoms with Gasteiger partial charge >= 0.3 is 0 Å². The third-order valence-corrected chi connectivity index (χ3v) is 10.9. The molecule has 2 heterocycles. The lowest BCUT2D eigenvalue weighted by molar-refractivity contribution is 0.670. The minimum absolute atomic E-state index is 0.862. The Bertz CT molecular complexity index is 3190. The van der Waals surface area contributed by atoms with Crippen LogP contribution in [0.5, 0.6) is 0 Å². The van der Waals surface area contributed by atoms with Crippen LogP contribution in [0.4, 0.5) is 17.1 Å². The SMILES string of the molecule is c1ccc(-c2cccc(N(c3ccc(-c4cccc5c4oc4ccccc45)cc3)c3ccc4oc5c6ccccc6c(-c6ccccc6)cc5c4c3)c2)cc1. The van der Waals surface area contributed by atoms with Gasteiger partial charge in [0.1, 0.15) is 22.3 Å². The van der Waals surface area contributed by atoms with Crippen molar-refractivity contribution in [3.8, 4) is 33.4 Å². The highest BCUT2D eigenvalue weighted by Gasteiger charge is 2.20. The van der Waals surface area contributed by atoms with Crippen molar-refractivity contribution < 1.29 is 8.83 Å². The fourth-order valence-corrected chi connectivity index (χ4v) is 8.25. The van der Waals surface area contributed by atoms with Crippen LogP contribution in [0, 0.1) is 0 Å². The first-order valence-electron chi connectivity index (χ1n) is 18.7. The molecule has 0 aliphatic rings. The summed E-state index contributed by atoms with van der Waals surface area (Å²) in [6, 6.07) is 70.9. The number of anilines is 3. The maximum atomic E-state index is 6.67. The molecule has 0 fully saturated rings. The highest BCUT2D eigenvalue weighted by molar-refractivity contribution is 6.19. The van der Waals surface area contributed by atoms with Crippen molar-refractivity contribution in [2.75, 3.05) is 4.90 Å². The van der Waals surface area contributed by atoms with Gasteiger partial charge in [0, 0.05) is 49.6 Å². The number of rotatable bonds is 6. The Balaban J connectivity index is 1.09. The third kappa shape index (κ3) is 5.20. The van der Waals surface area contributed by atoms with E-state index >= 15 is 0 Å². The fourth-order valence-electron chi connectivity index (χ4n) is 8.25. The van der Waals surface area contributed by atoms with Crippen LogP contribution in [0.15, 0.2) is 209 Å². The van der Waals surface area contributed by atoms with Gasteiger partial charge in [0.15, 0.2) is 0 Å². The van der Waals surface area contributed by atoms with Gasteiger partial charge in [0.2, 0.25) is 0 Å². The Labute approximate surface area is 317 Å². The minimum atomic E-state index is 0.862. The zero-order valence-corrected chi connectivity index (χ0v) is 29.8. The molecule has 9 aromatic carbocycles. The van der Waals surface area contributed by atoms with Crippen LogP contribution < -0.4 is 4.90 Å². The topological polar surface area (TPSA) is 29.5 Å². The van der Waals surface area contributed by atoms with Crippen LogP contribution in [0.1, 0.15) is 0 Å². The number of hydrogen-bond acceptors (Lipinski definition) is 3. The second kappa shape index (κ2) is 12.6. The van der Waals surface area contributed by atoms with Gasteiger partial charge in [-0.1, -0.05) is 146 Å². The summed E-state index contributed by atoms with van der Waals surface area (Å²) in [6.07, 6.45) is 0. The fraction of sp³-hybridized carbons (Fsp3) is 0. The Morgan fingerprint density at radius 1 is 0.273 bits per heavy atom. The van der Waals surface area contributed by atoms with Crippen molar-refractivity contribution in [3.05, 3.63) is 200 Å². The number of benzene rings is 9. The smallest absolute Gasteiger partial charge is 0.143 e. The van der Waals surface area contributed by atoms with Gasteiger partial charge < -0.3 is 13.7 Å². The molecule has 11 rings (SSSR count). The molecule has 11 aromatic rings. The maximum absolute atomic E-state index is 6.67. The van der Waals surface area contributed by atoms with E-state index in [-0.39, 0.29) is 0 Å². The van der Waals surface area contributed by atoms with E-state index in [2.05, 4.69) is 193 Å². The van der Waals surface area contributed by atoms with Crippen LogP contribution in [0.2, 0.25) is 0 Å². The van der Waals surface area contributed by atoms with E-state index in [0.29, 0.717) is 0 Å². The Morgan fingerprint density at radius 3 is 1.65 bits per heavy atom. The Morgan fingerprint density at radius 2 is 0.836 bits per heavy atom. The van der Waals surface area contributed by atoms with Crippen molar-refractivity contribution in [1.29, 1.82) is 0 Å². The lowest BCUT2D eigenvalue weighted by atomic mass is 9.95. The van der Waals surface area contributed by atoms with Crippen molar-refractivity contribution in [2.45, 2.75) is 0 Å². The van der Waals surface area contributed by atoms with E-state index in [4.69, 9.17) is 8.83 Å². The minimum Gasteiger partial charge on any atom is -0.455 e. The quantitative estimate of drug-likeness (QED) is 0.173. The lowest BCUT2D eigenvalue weighted by Gasteiger charge is -2.26. The largest absolute Gasteiger partial charge is 0.455 e. The molecule has 0 atom stereocenters. The Hall–Kier alpha value is -7.36. The summed E-state index contributed by atoms with van der Waals surface area (Å²) >= 11 is 0. The lowest BCUT2D eigenvalue weighted by Crippen LogP contribution is -2.10. The second-order valence-corrected chi connectivity index (χ2v) is 14.1. The molecule has 0 aliphatic carbocycles. The first-order chi connectivity index (χ1) is 27.3. The Kier molecular flexibility index (Phi) is 7.17. The monoisotopic (exact) mass is 703 g/mol. The van der Waals surface area contributed by atoms with Gasteiger partial charge in [-0.15, -0.1) is 0 Å². The predicted molar refractivity (Wildman–Crippen MR) is 229 cm³/mol. The molecule has 3 heteroatoms. The van der Waals surface area contributed by atoms with E-state index in [1.54, 1.807) is 0 Å². The zero-order chi connectivity index (χ0) is 36.3. The maximum Gasteiger partial charge on any atom is 0.143 e. The standard InChI is InChI=1S/C52H33NO2/c1-3-13-34(14-4-1)37-17-11-18-39(31-37)53(38-27-25-36(26-28-38)41-22-12-23-45-43-20-9-10-24-49(43)54-51(41)45)40-29-30-50-47(32-40)48-33-46(35-15-5-2-6-16-35)42-19-7-8-21-44(42)52(48)55-50/h1-33H. The molecule has 55 heavy (non-hydrogen) atoms. The molecule has 0 unspecified atom stereocenters. The van der Waals surface area contributed by atoms with Crippen molar-refractivity contribution in [2.24, 2.45) is 0 Å². The number of furan rings is 2. The van der Waals surface area contributed by atoms with E-state index in [9.17, 15) is 0 Å². The van der Waals surface area contributed by atoms with Crippen LogP contribution >= 0.6 is 0 Å². The first-order valence-corrected chi connectivity index (χ1v) is 18.7. The molecular weight excluding hydrogens is 671 g/mol. The molecule has 0 saturated heterocycles. The average Bonchev–Trinajstić information content (AvgIpc) is 3.83. The molecular formula is C52H33NO2. The highest BCUT2D eigenvalue weighted by atomic mass is 16.3. The summed E-state index contributed by atoms with van der Waals surface area (Å²) in [5.74, 6) is 0. The molecule has 0 amide bonds. The number of para-hydroxylation sites is 2. The van der Waals surface area contributed by atoms with Crippen LogP contribution in [-0.2, 0) is 0 Å². The molecule has 0 aliphatic heterocycles. The molecule has 0 spiro atoms. The van der Waals surface area contributed by atoms with Crippen molar-refractivity contribution in [3.63, 3.8) is 0 Å². The van der Waals surface area contributed by atoms with Crippen LogP contribution in [0.3, 0.4) is 0 Å². The summed E-state index contributed by atoms with van der Waals surface area (Å²) in [5, 5.41) is 6.72. The molecule has 258 valence electrons. The third-order valence-electron chi connectivity index (χ3n) is 10.9. The van der Waals surface area contributed by atoms with E-state index in [1.807, 2.05) is 12.1 Å². The summed E-state index contributed by atoms with van der Waals surface area (Å²) in [5.41, 5.74) is 13.6. The second-order valence-electron chi connectivity index (χ2n) is 14.1. The van der Waals surface area contributed by atoms with Gasteiger partial charge in [-0.05, 0) is 87.8 Å². The van der Waals surface area contributed by atoms with E-state index in [0.717, 1.165) is 83.0 Å². The highest BCUT2D eigenvalue weighted by Crippen LogP contribution is 2.44. The zero-order valence-electron chi connectivity index (χ0n) is 29.8. The summed E-state index contributed by atoms with van der Waals surface area (Å²) in [6.45, 7) is 0. The van der Waals surface area contributed by atoms with Gasteiger partial charge in [-0.3, -0.25) is 0 Å². The summed E-state index contributed by atoms with van der Waals surface area (Å²) < 4.78 is 13.1. The average molecular weight is 704 g/mol. The molecule has 0 bridgehead atoms. The van der Waals surface area contributed by atoms with Crippen molar-refractivity contribution >= 4 is 71.7 Å². The van der Waals surface area contributed by atoms with E-state index in [1.165, 1.54) is 22.1 Å². The molecule has 0 saturated carbocycles. The van der Waals surface area contributed by atoms with Crippen LogP contribution in [0.25, 0.3) is 88.0 Å². The molecule has 2 aromatic heterocycles. The van der Waals surface area contributed by atoms with Gasteiger partial charge in [0.25, 0.3) is 0 Å². The van der Waals surface area contributed by atoms with E-state index < -0.39 is 0 Å². The van der Waals surface area contributed by atoms with Gasteiger partial charge in [0.05, 0.1) is 0 Å². The normalized spacial score (nSPS) is 11.6. The first kappa shape index (κ1) is 31.2. The molecule has 0 radical (unpaired) electrons. The molecule has 3 nitrogen and oxygen atoms in total. The number of nitrogens with zero attached hydrogens (tertiary/aromatic N) is 1. The van der Waals surface area contributed by atoms with Crippen LogP contribution in [-0.4, -0.2) is 0 Å². The number of hydrogen-bond donors (Lipinski definition) is 0. The summed E-state index contributed by atoms with van der Waals surface area (Å²) in [7, 11) is 0. The summed E-state index contributed by atoms with van der Waals surface area (Å²) in [4.78, 5) is 2.34. The van der Waals surface area contributed by atoms with Gasteiger partial charge in [-0.25, -0.2) is 0 Å². The molecule has 0 N–H and O–H groups in total. The number of fused-ring (bicyclic) bond motifs is 8. The van der Waals surface area contributed by atoms with Crippen molar-refractivity contribution in [1.82, 2.24) is 0 Å². The predicted octanol–water partition coefficient (Wildman–Crippen LogP) is 15.1. The van der Waals surface area contributed by atoms with Gasteiger partial charge in [-0.2, -0.15) is 0 Å².